The molecule has 1 fully saturated rings. The quantitative estimate of drug-likeness (QED) is 0.800. The van der Waals surface area contributed by atoms with E-state index in [9.17, 15) is 0 Å². The summed E-state index contributed by atoms with van der Waals surface area (Å²) in [5.41, 5.74) is 4.80. The van der Waals surface area contributed by atoms with Crippen LogP contribution in [0, 0.1) is 20.8 Å². The van der Waals surface area contributed by atoms with E-state index >= 15 is 0 Å². The molecule has 122 valence electrons. The number of aromatic nitrogens is 2. The van der Waals surface area contributed by atoms with Gasteiger partial charge in [-0.1, -0.05) is 6.07 Å². The fraction of sp³-hybridized carbons (Fsp3) is 0.500. The molecule has 1 aliphatic rings. The Balaban J connectivity index is 1.94. The molecule has 0 saturated carbocycles. The van der Waals surface area contributed by atoms with E-state index in [1.165, 1.54) is 0 Å². The van der Waals surface area contributed by atoms with Gasteiger partial charge < -0.3 is 9.31 Å². The number of nitrogens with zero attached hydrogens (tertiary/aromatic N) is 2. The lowest BCUT2D eigenvalue weighted by Gasteiger charge is -2.32. The van der Waals surface area contributed by atoms with Gasteiger partial charge in [0.1, 0.15) is 0 Å². The summed E-state index contributed by atoms with van der Waals surface area (Å²) in [4.78, 5) is 0. The Hall–Kier alpha value is -1.59. The molecule has 23 heavy (non-hydrogen) atoms. The van der Waals surface area contributed by atoms with Crippen LogP contribution in [-0.4, -0.2) is 28.1 Å². The summed E-state index contributed by atoms with van der Waals surface area (Å²) in [6.45, 7) is 14.5. The molecular weight excluding hydrogens is 287 g/mol. The third kappa shape index (κ3) is 2.72. The third-order valence-corrected chi connectivity index (χ3v) is 5.01. The van der Waals surface area contributed by atoms with Crippen LogP contribution in [0.5, 0.6) is 0 Å². The fourth-order valence-electron chi connectivity index (χ4n) is 2.92. The predicted octanol–water partition coefficient (Wildman–Crippen LogP) is 3.10. The number of benzene rings is 1. The lowest BCUT2D eigenvalue weighted by atomic mass is 9.76. The van der Waals surface area contributed by atoms with Crippen LogP contribution in [0.3, 0.4) is 0 Å². The van der Waals surface area contributed by atoms with Crippen LogP contribution in [0.25, 0.3) is 5.69 Å². The standard InChI is InChI=1S/C18H25BN2O2/c1-12-10-15(21-14(3)11-13(2)20-21)8-9-16(12)19-22-17(4,5)18(6,7)23-19/h8-11H,1-7H3. The smallest absolute Gasteiger partial charge is 0.399 e. The van der Waals surface area contributed by atoms with Crippen molar-refractivity contribution in [3.8, 4) is 5.69 Å². The third-order valence-electron chi connectivity index (χ3n) is 5.01. The molecule has 1 aromatic heterocycles. The summed E-state index contributed by atoms with van der Waals surface area (Å²) in [5, 5.41) is 4.55. The van der Waals surface area contributed by atoms with Crippen molar-refractivity contribution in [2.75, 3.05) is 0 Å². The highest BCUT2D eigenvalue weighted by Gasteiger charge is 2.52. The molecule has 0 unspecified atom stereocenters. The SMILES string of the molecule is Cc1cc(C)n(-c2ccc(B3OC(C)(C)C(C)(C)O3)c(C)c2)n1. The fourth-order valence-corrected chi connectivity index (χ4v) is 2.92. The molecule has 2 aromatic rings. The monoisotopic (exact) mass is 312 g/mol. The van der Waals surface area contributed by atoms with Gasteiger partial charge in [0.05, 0.1) is 22.6 Å². The van der Waals surface area contributed by atoms with E-state index in [-0.39, 0.29) is 18.3 Å². The highest BCUT2D eigenvalue weighted by atomic mass is 16.7. The van der Waals surface area contributed by atoms with E-state index in [1.54, 1.807) is 0 Å². The van der Waals surface area contributed by atoms with Gasteiger partial charge in [-0.2, -0.15) is 5.10 Å². The van der Waals surface area contributed by atoms with Crippen molar-refractivity contribution in [3.63, 3.8) is 0 Å². The van der Waals surface area contributed by atoms with Crippen LogP contribution in [0.1, 0.15) is 44.6 Å². The maximum atomic E-state index is 6.16. The predicted molar refractivity (Wildman–Crippen MR) is 93.5 cm³/mol. The molecule has 1 saturated heterocycles. The van der Waals surface area contributed by atoms with Gasteiger partial charge in [-0.25, -0.2) is 4.68 Å². The molecule has 0 N–H and O–H groups in total. The lowest BCUT2D eigenvalue weighted by Crippen LogP contribution is -2.41. The van der Waals surface area contributed by atoms with Crippen molar-refractivity contribution >= 4 is 12.6 Å². The van der Waals surface area contributed by atoms with Crippen LogP contribution < -0.4 is 5.46 Å². The van der Waals surface area contributed by atoms with Gasteiger partial charge in [-0.15, -0.1) is 0 Å². The average molecular weight is 312 g/mol. The first-order valence-corrected chi connectivity index (χ1v) is 8.10. The summed E-state index contributed by atoms with van der Waals surface area (Å²) >= 11 is 0. The van der Waals surface area contributed by atoms with Gasteiger partial charge in [0, 0.05) is 5.69 Å². The zero-order valence-electron chi connectivity index (χ0n) is 15.1. The van der Waals surface area contributed by atoms with Crippen LogP contribution in [0.4, 0.5) is 0 Å². The van der Waals surface area contributed by atoms with Crippen molar-refractivity contribution in [2.24, 2.45) is 0 Å². The Bertz CT molecular complexity index is 733. The molecule has 0 aliphatic carbocycles. The number of hydrogen-bond acceptors (Lipinski definition) is 3. The average Bonchev–Trinajstić information content (AvgIpc) is 2.85. The van der Waals surface area contributed by atoms with E-state index in [0.29, 0.717) is 0 Å². The van der Waals surface area contributed by atoms with Gasteiger partial charge in [0.25, 0.3) is 0 Å². The minimum Gasteiger partial charge on any atom is -0.399 e. The normalized spacial score (nSPS) is 19.3. The van der Waals surface area contributed by atoms with Crippen LogP contribution >= 0.6 is 0 Å². The second kappa shape index (κ2) is 5.21. The molecular formula is C18H25BN2O2. The van der Waals surface area contributed by atoms with Crippen molar-refractivity contribution in [1.82, 2.24) is 9.78 Å². The van der Waals surface area contributed by atoms with Gasteiger partial charge in [-0.3, -0.25) is 0 Å². The Morgan fingerprint density at radius 2 is 1.57 bits per heavy atom. The van der Waals surface area contributed by atoms with E-state index in [1.807, 2.05) is 11.6 Å². The summed E-state index contributed by atoms with van der Waals surface area (Å²) in [5.74, 6) is 0. The Labute approximate surface area is 138 Å². The molecule has 0 atom stereocenters. The van der Waals surface area contributed by atoms with E-state index in [0.717, 1.165) is 28.1 Å². The second-order valence-electron chi connectivity index (χ2n) is 7.47. The molecule has 0 amide bonds. The number of hydrogen-bond donors (Lipinski definition) is 0. The van der Waals surface area contributed by atoms with E-state index in [2.05, 4.69) is 70.9 Å². The van der Waals surface area contributed by atoms with Gasteiger partial charge in [0.15, 0.2) is 0 Å². The molecule has 4 nitrogen and oxygen atoms in total. The summed E-state index contributed by atoms with van der Waals surface area (Å²) in [7, 11) is -0.325. The second-order valence-corrected chi connectivity index (χ2v) is 7.47. The van der Waals surface area contributed by atoms with Crippen molar-refractivity contribution in [1.29, 1.82) is 0 Å². The molecule has 5 heteroatoms. The first-order chi connectivity index (χ1) is 10.6. The van der Waals surface area contributed by atoms with E-state index < -0.39 is 0 Å². The maximum Gasteiger partial charge on any atom is 0.495 e. The van der Waals surface area contributed by atoms with Crippen LogP contribution in [0.2, 0.25) is 0 Å². The van der Waals surface area contributed by atoms with Gasteiger partial charge in [-0.05, 0) is 77.7 Å². The molecule has 3 rings (SSSR count). The zero-order valence-corrected chi connectivity index (χ0v) is 15.1. The van der Waals surface area contributed by atoms with E-state index in [4.69, 9.17) is 9.31 Å². The van der Waals surface area contributed by atoms with Crippen molar-refractivity contribution < 1.29 is 9.31 Å². The molecule has 0 bridgehead atoms. The minimum absolute atomic E-state index is 0.321. The van der Waals surface area contributed by atoms with Crippen LogP contribution in [-0.2, 0) is 9.31 Å². The highest BCUT2D eigenvalue weighted by Crippen LogP contribution is 2.36. The minimum atomic E-state index is -0.325. The Morgan fingerprint density at radius 3 is 2.04 bits per heavy atom. The molecule has 0 spiro atoms. The lowest BCUT2D eigenvalue weighted by molar-refractivity contribution is 0.00578. The maximum absolute atomic E-state index is 6.16. The number of rotatable bonds is 2. The molecule has 1 aliphatic heterocycles. The molecule has 1 aromatic carbocycles. The summed E-state index contributed by atoms with van der Waals surface area (Å²) in [6.07, 6.45) is 0. The molecule has 2 heterocycles. The summed E-state index contributed by atoms with van der Waals surface area (Å²) < 4.78 is 14.3. The Morgan fingerprint density at radius 1 is 0.957 bits per heavy atom. The van der Waals surface area contributed by atoms with Gasteiger partial charge in [0.2, 0.25) is 0 Å². The molecule has 0 radical (unpaired) electrons. The highest BCUT2D eigenvalue weighted by molar-refractivity contribution is 6.62. The van der Waals surface area contributed by atoms with Crippen LogP contribution in [0.15, 0.2) is 24.3 Å². The van der Waals surface area contributed by atoms with Crippen molar-refractivity contribution in [3.05, 3.63) is 41.2 Å². The largest absolute Gasteiger partial charge is 0.495 e. The van der Waals surface area contributed by atoms with Crippen molar-refractivity contribution in [2.45, 2.75) is 59.7 Å². The number of aryl methyl sites for hydroxylation is 3. The topological polar surface area (TPSA) is 36.3 Å². The summed E-state index contributed by atoms with van der Waals surface area (Å²) in [6, 6.07) is 8.38. The Kier molecular flexibility index (Phi) is 3.69. The first-order valence-electron chi connectivity index (χ1n) is 8.10. The zero-order chi connectivity index (χ0) is 17.0. The van der Waals surface area contributed by atoms with Gasteiger partial charge >= 0.3 is 7.12 Å². The first kappa shape index (κ1) is 16.3.